The van der Waals surface area contributed by atoms with E-state index in [-0.39, 0.29) is 12.2 Å². The summed E-state index contributed by atoms with van der Waals surface area (Å²) in [4.78, 5) is 32.9. The van der Waals surface area contributed by atoms with Gasteiger partial charge in [0.15, 0.2) is 4.80 Å². The van der Waals surface area contributed by atoms with Crippen LogP contribution >= 0.6 is 22.7 Å². The number of aromatic nitrogens is 1. The predicted molar refractivity (Wildman–Crippen MR) is 141 cm³/mol. The van der Waals surface area contributed by atoms with E-state index in [9.17, 15) is 9.59 Å². The molecule has 0 bridgehead atoms. The van der Waals surface area contributed by atoms with Gasteiger partial charge in [-0.15, -0.1) is 11.3 Å². The monoisotopic (exact) mass is 498 g/mol. The average Bonchev–Trinajstić information content (AvgIpc) is 3.52. The number of benzene rings is 2. The highest BCUT2D eigenvalue weighted by Crippen LogP contribution is 2.33. The number of esters is 1. The van der Waals surface area contributed by atoms with Crippen molar-refractivity contribution >= 4 is 40.8 Å². The van der Waals surface area contributed by atoms with Crippen LogP contribution in [0.25, 0.3) is 12.2 Å². The van der Waals surface area contributed by atoms with Crippen molar-refractivity contribution in [1.82, 2.24) is 4.57 Å². The van der Waals surface area contributed by atoms with E-state index < -0.39 is 12.0 Å². The molecule has 1 aliphatic heterocycles. The van der Waals surface area contributed by atoms with Gasteiger partial charge in [0.05, 0.1) is 15.8 Å². The first kappa shape index (κ1) is 23.0. The number of allylic oxidation sites excluding steroid dienone is 2. The third kappa shape index (κ3) is 4.87. The fourth-order valence-electron chi connectivity index (χ4n) is 3.92. The van der Waals surface area contributed by atoms with E-state index >= 15 is 0 Å². The van der Waals surface area contributed by atoms with Crippen molar-refractivity contribution < 1.29 is 9.53 Å². The summed E-state index contributed by atoms with van der Waals surface area (Å²) in [5.74, 6) is -0.466. The van der Waals surface area contributed by atoms with Crippen LogP contribution in [0, 0.1) is 0 Å². The highest BCUT2D eigenvalue weighted by atomic mass is 32.1. The van der Waals surface area contributed by atoms with Crippen LogP contribution in [0.15, 0.2) is 105 Å². The van der Waals surface area contributed by atoms with E-state index in [0.717, 1.165) is 16.0 Å². The van der Waals surface area contributed by atoms with Gasteiger partial charge in [0, 0.05) is 4.88 Å². The maximum absolute atomic E-state index is 13.5. The van der Waals surface area contributed by atoms with Crippen molar-refractivity contribution in [2.24, 2.45) is 4.99 Å². The van der Waals surface area contributed by atoms with Gasteiger partial charge < -0.3 is 4.74 Å². The summed E-state index contributed by atoms with van der Waals surface area (Å²) >= 11 is 2.82. The Morgan fingerprint density at radius 3 is 2.51 bits per heavy atom. The molecule has 5 rings (SSSR count). The van der Waals surface area contributed by atoms with Gasteiger partial charge in [-0.1, -0.05) is 90.2 Å². The zero-order valence-corrected chi connectivity index (χ0v) is 20.6. The van der Waals surface area contributed by atoms with Gasteiger partial charge in [0.1, 0.15) is 12.6 Å². The largest absolute Gasteiger partial charge is 0.457 e. The number of ether oxygens (including phenoxy) is 1. The summed E-state index contributed by atoms with van der Waals surface area (Å²) in [6.07, 6.45) is 5.62. The second-order valence-corrected chi connectivity index (χ2v) is 9.94. The van der Waals surface area contributed by atoms with Gasteiger partial charge in [-0.3, -0.25) is 9.36 Å². The summed E-state index contributed by atoms with van der Waals surface area (Å²) < 4.78 is 7.83. The topological polar surface area (TPSA) is 60.7 Å². The third-order valence-corrected chi connectivity index (χ3v) is 7.53. The second-order valence-electron chi connectivity index (χ2n) is 7.95. The van der Waals surface area contributed by atoms with Crippen LogP contribution in [0.2, 0.25) is 0 Å². The molecular weight excluding hydrogens is 476 g/mol. The lowest BCUT2D eigenvalue weighted by Crippen LogP contribution is -2.39. The highest BCUT2D eigenvalue weighted by molar-refractivity contribution is 7.10. The molecular formula is C28H22N2O3S2. The Bertz CT molecular complexity index is 1580. The molecule has 0 amide bonds. The molecule has 1 unspecified atom stereocenters. The Morgan fingerprint density at radius 1 is 1.06 bits per heavy atom. The molecule has 0 radical (unpaired) electrons. The number of hydrogen-bond acceptors (Lipinski definition) is 6. The lowest BCUT2D eigenvalue weighted by molar-refractivity contribution is -0.140. The Labute approximate surface area is 210 Å². The predicted octanol–water partition coefficient (Wildman–Crippen LogP) is 4.71. The number of carbonyl (C=O) groups is 1. The van der Waals surface area contributed by atoms with Crippen LogP contribution in [0.4, 0.5) is 0 Å². The highest BCUT2D eigenvalue weighted by Gasteiger charge is 2.34. The lowest BCUT2D eigenvalue weighted by Gasteiger charge is -2.23. The lowest BCUT2D eigenvalue weighted by atomic mass is 10.0. The number of nitrogens with zero attached hydrogens (tertiary/aromatic N) is 2. The SMILES string of the molecule is CC1=C(C(=O)OCc2ccccc2)C(c2cccs2)n2c(s/c(=C\C=C/c3ccccc3)c2=O)=N1. The van der Waals surface area contributed by atoms with E-state index in [4.69, 9.17) is 4.74 Å². The quantitative estimate of drug-likeness (QED) is 0.362. The molecule has 0 fully saturated rings. The van der Waals surface area contributed by atoms with Crippen molar-refractivity contribution in [1.29, 1.82) is 0 Å². The third-order valence-electron chi connectivity index (χ3n) is 5.60. The second kappa shape index (κ2) is 10.2. The summed E-state index contributed by atoms with van der Waals surface area (Å²) in [5, 5.41) is 1.94. The van der Waals surface area contributed by atoms with Crippen molar-refractivity contribution in [3.63, 3.8) is 0 Å². The van der Waals surface area contributed by atoms with Crippen molar-refractivity contribution in [2.45, 2.75) is 19.6 Å². The van der Waals surface area contributed by atoms with Crippen molar-refractivity contribution in [3.8, 4) is 0 Å². The molecule has 4 aromatic rings. The van der Waals surface area contributed by atoms with Crippen LogP contribution in [-0.2, 0) is 16.1 Å². The summed E-state index contributed by atoms with van der Waals surface area (Å²) in [6.45, 7) is 1.95. The molecule has 174 valence electrons. The Hall–Kier alpha value is -3.81. The number of carbonyl (C=O) groups excluding carboxylic acids is 1. The number of hydrogen-bond donors (Lipinski definition) is 0. The van der Waals surface area contributed by atoms with Gasteiger partial charge in [-0.2, -0.15) is 0 Å². The van der Waals surface area contributed by atoms with Gasteiger partial charge >= 0.3 is 5.97 Å². The molecule has 3 heterocycles. The van der Waals surface area contributed by atoms with Gasteiger partial charge in [-0.25, -0.2) is 9.79 Å². The molecule has 0 saturated heterocycles. The normalized spacial score (nSPS) is 15.8. The van der Waals surface area contributed by atoms with E-state index in [1.54, 1.807) is 17.6 Å². The molecule has 0 aliphatic carbocycles. The Balaban J connectivity index is 1.52. The molecule has 0 spiro atoms. The maximum atomic E-state index is 13.5. The minimum Gasteiger partial charge on any atom is -0.457 e. The first-order chi connectivity index (χ1) is 17.1. The summed E-state index contributed by atoms with van der Waals surface area (Å²) in [5.41, 5.74) is 2.73. The molecule has 7 heteroatoms. The summed E-state index contributed by atoms with van der Waals surface area (Å²) in [6, 6.07) is 22.7. The minimum atomic E-state index is -0.574. The molecule has 1 aliphatic rings. The zero-order chi connectivity index (χ0) is 24.2. The number of thiophene rings is 1. The van der Waals surface area contributed by atoms with E-state index in [2.05, 4.69) is 4.99 Å². The summed E-state index contributed by atoms with van der Waals surface area (Å²) in [7, 11) is 0. The van der Waals surface area contributed by atoms with E-state index in [1.807, 2.05) is 90.3 Å². The zero-order valence-electron chi connectivity index (χ0n) is 19.0. The van der Waals surface area contributed by atoms with Crippen molar-refractivity contribution in [2.75, 3.05) is 0 Å². The van der Waals surface area contributed by atoms with Crippen LogP contribution < -0.4 is 14.9 Å². The molecule has 5 nitrogen and oxygen atoms in total. The number of thiazole rings is 1. The van der Waals surface area contributed by atoms with Gasteiger partial charge in [-0.05, 0) is 35.6 Å². The number of fused-ring (bicyclic) bond motifs is 1. The maximum Gasteiger partial charge on any atom is 0.338 e. The molecule has 1 atom stereocenters. The molecule has 2 aromatic heterocycles. The Morgan fingerprint density at radius 2 is 1.80 bits per heavy atom. The first-order valence-electron chi connectivity index (χ1n) is 11.1. The average molecular weight is 499 g/mol. The fraction of sp³-hybridized carbons (Fsp3) is 0.107. The molecule has 35 heavy (non-hydrogen) atoms. The van der Waals surface area contributed by atoms with Gasteiger partial charge in [0.2, 0.25) is 0 Å². The first-order valence-corrected chi connectivity index (χ1v) is 12.8. The molecule has 2 aromatic carbocycles. The van der Waals surface area contributed by atoms with Crippen LogP contribution in [0.1, 0.15) is 29.0 Å². The molecule has 0 saturated carbocycles. The van der Waals surface area contributed by atoms with Crippen LogP contribution in [0.5, 0.6) is 0 Å². The van der Waals surface area contributed by atoms with Crippen LogP contribution in [0.3, 0.4) is 0 Å². The Kier molecular flexibility index (Phi) is 6.70. The molecule has 0 N–H and O–H groups in total. The number of rotatable bonds is 6. The standard InChI is InChI=1S/C28H22N2O3S2/c1-19-24(27(32)33-18-21-12-6-3-7-13-21)25(22-16-9-17-34-22)30-26(31)23(35-28(30)29-19)15-8-14-20-10-4-2-5-11-20/h2-17,25H,18H2,1H3/b14-8-,23-15-. The van der Waals surface area contributed by atoms with Gasteiger partial charge in [0.25, 0.3) is 5.56 Å². The van der Waals surface area contributed by atoms with Crippen molar-refractivity contribution in [3.05, 3.63) is 131 Å². The van der Waals surface area contributed by atoms with Crippen LogP contribution in [-0.4, -0.2) is 10.5 Å². The minimum absolute atomic E-state index is 0.155. The van der Waals surface area contributed by atoms with E-state index in [0.29, 0.717) is 20.6 Å². The van der Waals surface area contributed by atoms with E-state index in [1.165, 1.54) is 22.7 Å². The smallest absolute Gasteiger partial charge is 0.338 e. The fourth-order valence-corrected chi connectivity index (χ4v) is 5.75.